The first-order chi connectivity index (χ1) is 4.97. The number of hydrogen-bond acceptors (Lipinski definition) is 4. The summed E-state index contributed by atoms with van der Waals surface area (Å²) in [5.74, 6) is 0.567. The minimum Gasteiger partial charge on any atom is -0.445 e. The van der Waals surface area contributed by atoms with Crippen LogP contribution in [0.2, 0.25) is 0 Å². The van der Waals surface area contributed by atoms with Crippen LogP contribution < -0.4 is 0 Å². The third-order valence-corrected chi connectivity index (χ3v) is 1.05. The maximum absolute atomic E-state index is 4.98. The fourth-order valence-corrected chi connectivity index (χ4v) is 0.652. The number of aromatic nitrogens is 4. The summed E-state index contributed by atoms with van der Waals surface area (Å²) in [6.07, 6.45) is 2.90. The van der Waals surface area contributed by atoms with Crippen molar-refractivity contribution in [2.45, 2.75) is 0 Å². The van der Waals surface area contributed by atoms with Gasteiger partial charge in [-0.1, -0.05) is 4.80 Å². The second-order valence-corrected chi connectivity index (χ2v) is 1.68. The summed E-state index contributed by atoms with van der Waals surface area (Å²) in [7, 11) is 0. The highest BCUT2D eigenvalue weighted by atomic mass is 16.3. The first-order valence-electron chi connectivity index (χ1n) is 2.74. The van der Waals surface area contributed by atoms with E-state index in [1.54, 1.807) is 18.4 Å². The largest absolute Gasteiger partial charge is 0.445 e. The average molecular weight is 136 g/mol. The lowest BCUT2D eigenvalue weighted by Gasteiger charge is -1.86. The topological polar surface area (TPSA) is 56.7 Å². The average Bonchev–Trinajstić information content (AvgIpc) is 2.59. The van der Waals surface area contributed by atoms with Crippen LogP contribution in [0.5, 0.6) is 0 Å². The van der Waals surface area contributed by atoms with Crippen molar-refractivity contribution in [2.24, 2.45) is 0 Å². The van der Waals surface area contributed by atoms with Gasteiger partial charge in [-0.2, -0.15) is 0 Å². The molecular formula is C5H4N4O. The predicted octanol–water partition coefficient (Wildman–Crippen LogP) is 0.255. The molecule has 5 heteroatoms. The third-order valence-electron chi connectivity index (χ3n) is 1.05. The molecule has 0 aliphatic heterocycles. The van der Waals surface area contributed by atoms with E-state index in [2.05, 4.69) is 15.4 Å². The molecule has 0 radical (unpaired) electrons. The Bertz CT molecular complexity index is 253. The molecule has 2 aromatic heterocycles. The molecule has 0 amide bonds. The molecule has 0 aliphatic rings. The summed E-state index contributed by atoms with van der Waals surface area (Å²) in [6, 6.07) is 3.51. The van der Waals surface area contributed by atoms with Crippen LogP contribution in [0.25, 0.3) is 5.88 Å². The Morgan fingerprint density at radius 2 is 2.50 bits per heavy atom. The Hall–Kier alpha value is -1.65. The van der Waals surface area contributed by atoms with Gasteiger partial charge >= 0.3 is 0 Å². The van der Waals surface area contributed by atoms with Crippen LogP contribution in [0, 0.1) is 0 Å². The molecule has 0 saturated carbocycles. The van der Waals surface area contributed by atoms with Gasteiger partial charge in [0, 0.05) is 6.07 Å². The quantitative estimate of drug-likeness (QED) is 0.564. The molecule has 0 bridgehead atoms. The summed E-state index contributed by atoms with van der Waals surface area (Å²) < 4.78 is 4.98. The van der Waals surface area contributed by atoms with Crippen molar-refractivity contribution in [2.75, 3.05) is 0 Å². The predicted molar refractivity (Wildman–Crippen MR) is 31.4 cm³/mol. The first-order valence-corrected chi connectivity index (χ1v) is 2.74. The molecule has 5 nitrogen and oxygen atoms in total. The van der Waals surface area contributed by atoms with E-state index in [4.69, 9.17) is 4.42 Å². The fourth-order valence-electron chi connectivity index (χ4n) is 0.652. The lowest BCUT2D eigenvalue weighted by Crippen LogP contribution is -1.95. The van der Waals surface area contributed by atoms with Gasteiger partial charge in [-0.05, 0) is 11.3 Å². The molecule has 2 rings (SSSR count). The minimum absolute atomic E-state index is 0.567. The number of nitrogens with zero attached hydrogens (tertiary/aromatic N) is 4. The zero-order valence-electron chi connectivity index (χ0n) is 5.01. The van der Waals surface area contributed by atoms with E-state index in [9.17, 15) is 0 Å². The molecule has 2 aromatic rings. The standard InChI is InChI=1S/C5H4N4O/c1-2-5(10-3-1)9-7-4-6-8-9/h1-4H. The zero-order chi connectivity index (χ0) is 6.81. The van der Waals surface area contributed by atoms with Crippen molar-refractivity contribution in [3.63, 3.8) is 0 Å². The van der Waals surface area contributed by atoms with Crippen molar-refractivity contribution in [1.29, 1.82) is 0 Å². The monoisotopic (exact) mass is 136 g/mol. The van der Waals surface area contributed by atoms with Crippen LogP contribution in [0.3, 0.4) is 0 Å². The van der Waals surface area contributed by atoms with E-state index < -0.39 is 0 Å². The van der Waals surface area contributed by atoms with E-state index in [1.165, 1.54) is 11.1 Å². The van der Waals surface area contributed by atoms with Crippen molar-refractivity contribution in [1.82, 2.24) is 20.2 Å². The smallest absolute Gasteiger partial charge is 0.239 e. The number of rotatable bonds is 1. The van der Waals surface area contributed by atoms with E-state index in [0.717, 1.165) is 0 Å². The lowest BCUT2D eigenvalue weighted by molar-refractivity contribution is 0.494. The lowest BCUT2D eigenvalue weighted by atomic mass is 10.6. The van der Waals surface area contributed by atoms with Crippen LogP contribution >= 0.6 is 0 Å². The summed E-state index contributed by atoms with van der Waals surface area (Å²) in [5, 5.41) is 10.9. The maximum atomic E-state index is 4.98. The highest BCUT2D eigenvalue weighted by Gasteiger charge is 1.97. The maximum Gasteiger partial charge on any atom is 0.239 e. The Labute approximate surface area is 56.3 Å². The highest BCUT2D eigenvalue weighted by molar-refractivity contribution is 5.11. The molecule has 0 saturated heterocycles. The molecular weight excluding hydrogens is 132 g/mol. The Morgan fingerprint density at radius 3 is 3.10 bits per heavy atom. The van der Waals surface area contributed by atoms with Gasteiger partial charge in [-0.3, -0.25) is 0 Å². The van der Waals surface area contributed by atoms with Gasteiger partial charge in [-0.25, -0.2) is 0 Å². The second-order valence-electron chi connectivity index (χ2n) is 1.68. The van der Waals surface area contributed by atoms with Gasteiger partial charge in [0.1, 0.15) is 0 Å². The third kappa shape index (κ3) is 0.680. The Balaban J connectivity index is 2.48. The fraction of sp³-hybridized carbons (Fsp3) is 0. The van der Waals surface area contributed by atoms with Crippen LogP contribution in [-0.4, -0.2) is 20.2 Å². The van der Waals surface area contributed by atoms with Crippen molar-refractivity contribution < 1.29 is 4.42 Å². The van der Waals surface area contributed by atoms with E-state index in [-0.39, 0.29) is 0 Å². The number of hydrogen-bond donors (Lipinski definition) is 0. The summed E-state index contributed by atoms with van der Waals surface area (Å²) in [6.45, 7) is 0. The SMILES string of the molecule is c1coc(-n2ncnn2)c1. The van der Waals surface area contributed by atoms with Gasteiger partial charge in [0.25, 0.3) is 0 Å². The molecule has 2 heterocycles. The molecule has 0 atom stereocenters. The first kappa shape index (κ1) is 5.16. The molecule has 0 fully saturated rings. The number of furan rings is 1. The van der Waals surface area contributed by atoms with Gasteiger partial charge in [0.05, 0.1) is 6.26 Å². The second kappa shape index (κ2) is 1.94. The Morgan fingerprint density at radius 1 is 1.50 bits per heavy atom. The molecule has 0 spiro atoms. The molecule has 0 aliphatic carbocycles. The van der Waals surface area contributed by atoms with Crippen LogP contribution in [0.1, 0.15) is 0 Å². The Kier molecular flexibility index (Phi) is 1.00. The highest BCUT2D eigenvalue weighted by Crippen LogP contribution is 2.01. The molecule has 50 valence electrons. The van der Waals surface area contributed by atoms with Crippen LogP contribution in [-0.2, 0) is 0 Å². The summed E-state index contributed by atoms with van der Waals surface area (Å²) in [4.78, 5) is 1.31. The molecule has 0 aromatic carbocycles. The van der Waals surface area contributed by atoms with Crippen LogP contribution in [0.15, 0.2) is 29.1 Å². The minimum atomic E-state index is 0.567. The van der Waals surface area contributed by atoms with Crippen molar-refractivity contribution >= 4 is 0 Å². The number of tetrazole rings is 1. The van der Waals surface area contributed by atoms with Crippen molar-refractivity contribution in [3.8, 4) is 5.88 Å². The molecule has 10 heavy (non-hydrogen) atoms. The van der Waals surface area contributed by atoms with Gasteiger partial charge < -0.3 is 4.42 Å². The van der Waals surface area contributed by atoms with E-state index in [1.807, 2.05) is 0 Å². The summed E-state index contributed by atoms with van der Waals surface area (Å²) >= 11 is 0. The van der Waals surface area contributed by atoms with Crippen LogP contribution in [0.4, 0.5) is 0 Å². The van der Waals surface area contributed by atoms with Gasteiger partial charge in [0.2, 0.25) is 5.88 Å². The van der Waals surface area contributed by atoms with Crippen molar-refractivity contribution in [3.05, 3.63) is 24.7 Å². The summed E-state index contributed by atoms with van der Waals surface area (Å²) in [5.41, 5.74) is 0. The van der Waals surface area contributed by atoms with E-state index >= 15 is 0 Å². The van der Waals surface area contributed by atoms with Gasteiger partial charge in [0.15, 0.2) is 6.33 Å². The normalized spacial score (nSPS) is 10.0. The molecule has 0 N–H and O–H groups in total. The van der Waals surface area contributed by atoms with E-state index in [0.29, 0.717) is 5.88 Å². The van der Waals surface area contributed by atoms with Gasteiger partial charge in [-0.15, -0.1) is 10.2 Å². The molecule has 0 unspecified atom stereocenters. The zero-order valence-corrected chi connectivity index (χ0v) is 5.01.